The van der Waals surface area contributed by atoms with Crippen molar-refractivity contribution in [3.63, 3.8) is 0 Å². The van der Waals surface area contributed by atoms with Crippen LogP contribution in [0.4, 0.5) is 0 Å². The van der Waals surface area contributed by atoms with Crippen LogP contribution in [0.1, 0.15) is 65.2 Å². The molecule has 1 fully saturated rings. The van der Waals surface area contributed by atoms with Crippen molar-refractivity contribution in [2.75, 3.05) is 6.54 Å². The molecule has 2 N–H and O–H groups in total. The summed E-state index contributed by atoms with van der Waals surface area (Å²) in [5.41, 5.74) is -0.157. The largest absolute Gasteiger partial charge is 0.344 e. The predicted octanol–water partition coefficient (Wildman–Crippen LogP) is 1.93. The van der Waals surface area contributed by atoms with Crippen molar-refractivity contribution in [1.82, 2.24) is 20.8 Å². The van der Waals surface area contributed by atoms with Gasteiger partial charge in [-0.1, -0.05) is 25.9 Å². The average Bonchev–Trinajstić information content (AvgIpc) is 2.88. The van der Waals surface area contributed by atoms with E-state index in [0.717, 1.165) is 19.4 Å². The van der Waals surface area contributed by atoms with Crippen LogP contribution in [0, 0.1) is 5.92 Å². The Morgan fingerprint density at radius 3 is 2.76 bits per heavy atom. The molecule has 6 nitrogen and oxygen atoms in total. The Labute approximate surface area is 126 Å². The number of aromatic nitrogens is 2. The quantitative estimate of drug-likeness (QED) is 0.890. The zero-order valence-corrected chi connectivity index (χ0v) is 13.6. The normalized spacial score (nSPS) is 24.6. The molecule has 2 rings (SSSR count). The van der Waals surface area contributed by atoms with E-state index in [1.807, 2.05) is 27.7 Å². The maximum Gasteiger partial charge on any atom is 0.248 e. The van der Waals surface area contributed by atoms with Gasteiger partial charge >= 0.3 is 0 Å². The lowest BCUT2D eigenvalue weighted by Gasteiger charge is -2.27. The van der Waals surface area contributed by atoms with E-state index in [9.17, 15) is 4.79 Å². The third kappa shape index (κ3) is 4.03. The first-order chi connectivity index (χ1) is 9.77. The van der Waals surface area contributed by atoms with E-state index in [2.05, 4.69) is 27.7 Å². The van der Waals surface area contributed by atoms with Crippen LogP contribution in [0.2, 0.25) is 0 Å². The first-order valence-electron chi connectivity index (χ1n) is 7.65. The Morgan fingerprint density at radius 2 is 2.19 bits per heavy atom. The number of nitrogens with one attached hydrogen (secondary N) is 2. The Morgan fingerprint density at radius 1 is 1.48 bits per heavy atom. The molecular weight excluding hydrogens is 268 g/mol. The highest BCUT2D eigenvalue weighted by Crippen LogP contribution is 2.22. The molecule has 1 aromatic rings. The number of nitrogens with zero attached hydrogens (tertiary/aromatic N) is 2. The number of rotatable bonds is 3. The van der Waals surface area contributed by atoms with Crippen molar-refractivity contribution < 1.29 is 9.32 Å². The molecule has 2 heterocycles. The third-order valence-electron chi connectivity index (χ3n) is 3.84. The summed E-state index contributed by atoms with van der Waals surface area (Å²) in [4.78, 5) is 16.7. The van der Waals surface area contributed by atoms with Gasteiger partial charge in [0.2, 0.25) is 11.8 Å². The highest BCUT2D eigenvalue weighted by atomic mass is 16.5. The average molecular weight is 294 g/mol. The van der Waals surface area contributed by atoms with Crippen molar-refractivity contribution in [2.24, 2.45) is 5.92 Å². The summed E-state index contributed by atoms with van der Waals surface area (Å²) in [5.74, 6) is 1.27. The van der Waals surface area contributed by atoms with Gasteiger partial charge in [-0.3, -0.25) is 4.79 Å². The number of amides is 1. The fourth-order valence-corrected chi connectivity index (χ4v) is 2.48. The van der Waals surface area contributed by atoms with Gasteiger partial charge in [0.15, 0.2) is 5.82 Å². The molecular formula is C15H26N4O2. The molecule has 0 bridgehead atoms. The van der Waals surface area contributed by atoms with E-state index in [1.165, 1.54) is 0 Å². The summed E-state index contributed by atoms with van der Waals surface area (Å²) in [6.07, 6.45) is 1.75. The first kappa shape index (κ1) is 15.9. The van der Waals surface area contributed by atoms with Gasteiger partial charge < -0.3 is 15.2 Å². The second-order valence-electron chi connectivity index (χ2n) is 7.01. The van der Waals surface area contributed by atoms with Gasteiger partial charge in [-0.2, -0.15) is 4.98 Å². The number of piperidine rings is 1. The van der Waals surface area contributed by atoms with Crippen LogP contribution in [0.25, 0.3) is 0 Å². The van der Waals surface area contributed by atoms with Crippen molar-refractivity contribution >= 4 is 5.91 Å². The minimum absolute atomic E-state index is 0.0636. The van der Waals surface area contributed by atoms with Crippen LogP contribution >= 0.6 is 0 Å². The molecule has 1 aliphatic rings. The Balaban J connectivity index is 1.96. The second kappa shape index (κ2) is 6.13. The minimum Gasteiger partial charge on any atom is -0.344 e. The number of carbonyl (C=O) groups is 1. The molecule has 0 aromatic carbocycles. The van der Waals surface area contributed by atoms with E-state index in [0.29, 0.717) is 17.8 Å². The SMILES string of the molecule is CC(NC(=O)[C@H]1CCN[C@@H](C)C1)c1nc(C(C)(C)C)no1. The van der Waals surface area contributed by atoms with E-state index in [-0.39, 0.29) is 23.3 Å². The van der Waals surface area contributed by atoms with Gasteiger partial charge in [0, 0.05) is 17.4 Å². The van der Waals surface area contributed by atoms with Gasteiger partial charge in [-0.25, -0.2) is 0 Å². The zero-order chi connectivity index (χ0) is 15.6. The molecule has 3 atom stereocenters. The van der Waals surface area contributed by atoms with E-state index >= 15 is 0 Å². The summed E-state index contributed by atoms with van der Waals surface area (Å²) in [6.45, 7) is 11.0. The molecule has 1 saturated heterocycles. The number of carbonyl (C=O) groups excluding carboxylic acids is 1. The molecule has 1 aliphatic heterocycles. The van der Waals surface area contributed by atoms with Gasteiger partial charge in [-0.05, 0) is 33.2 Å². The molecule has 118 valence electrons. The monoisotopic (exact) mass is 294 g/mol. The van der Waals surface area contributed by atoms with Gasteiger partial charge in [0.25, 0.3) is 0 Å². The Kier molecular flexibility index (Phi) is 4.66. The molecule has 1 aromatic heterocycles. The Bertz CT molecular complexity index is 492. The van der Waals surface area contributed by atoms with Crippen molar-refractivity contribution in [3.8, 4) is 0 Å². The number of hydrogen-bond donors (Lipinski definition) is 2. The molecule has 0 saturated carbocycles. The van der Waals surface area contributed by atoms with E-state index in [1.54, 1.807) is 0 Å². The van der Waals surface area contributed by atoms with E-state index < -0.39 is 0 Å². The van der Waals surface area contributed by atoms with Crippen LogP contribution in [0.5, 0.6) is 0 Å². The maximum absolute atomic E-state index is 12.3. The van der Waals surface area contributed by atoms with Crippen LogP contribution in [0.3, 0.4) is 0 Å². The third-order valence-corrected chi connectivity index (χ3v) is 3.84. The van der Waals surface area contributed by atoms with Gasteiger partial charge in [0.1, 0.15) is 6.04 Å². The van der Waals surface area contributed by atoms with Crippen molar-refractivity contribution in [2.45, 2.75) is 65.0 Å². The standard InChI is InChI=1S/C15H26N4O2/c1-9-8-11(6-7-16-9)12(20)17-10(2)13-18-14(19-21-13)15(3,4)5/h9-11,16H,6-8H2,1-5H3,(H,17,20)/t9-,10?,11-/m0/s1. The maximum atomic E-state index is 12.3. The van der Waals surface area contributed by atoms with Gasteiger partial charge in [-0.15, -0.1) is 0 Å². The zero-order valence-electron chi connectivity index (χ0n) is 13.6. The van der Waals surface area contributed by atoms with Crippen LogP contribution in [-0.4, -0.2) is 28.6 Å². The fourth-order valence-electron chi connectivity index (χ4n) is 2.48. The molecule has 1 unspecified atom stereocenters. The van der Waals surface area contributed by atoms with Crippen molar-refractivity contribution in [1.29, 1.82) is 0 Å². The lowest BCUT2D eigenvalue weighted by Crippen LogP contribution is -2.43. The lowest BCUT2D eigenvalue weighted by molar-refractivity contribution is -0.126. The summed E-state index contributed by atoms with van der Waals surface area (Å²) in [5, 5.41) is 10.3. The smallest absolute Gasteiger partial charge is 0.248 e. The fraction of sp³-hybridized carbons (Fsp3) is 0.800. The van der Waals surface area contributed by atoms with Crippen LogP contribution in [-0.2, 0) is 10.2 Å². The lowest BCUT2D eigenvalue weighted by atomic mass is 9.92. The molecule has 6 heteroatoms. The molecule has 0 spiro atoms. The van der Waals surface area contributed by atoms with Crippen molar-refractivity contribution in [3.05, 3.63) is 11.7 Å². The first-order valence-corrected chi connectivity index (χ1v) is 7.65. The molecule has 0 aliphatic carbocycles. The highest BCUT2D eigenvalue weighted by Gasteiger charge is 2.28. The topological polar surface area (TPSA) is 80.0 Å². The molecule has 21 heavy (non-hydrogen) atoms. The molecule has 0 radical (unpaired) electrons. The second-order valence-corrected chi connectivity index (χ2v) is 7.01. The Hall–Kier alpha value is -1.43. The summed E-state index contributed by atoms with van der Waals surface area (Å²) in [7, 11) is 0. The number of hydrogen-bond acceptors (Lipinski definition) is 5. The predicted molar refractivity (Wildman–Crippen MR) is 79.7 cm³/mol. The van der Waals surface area contributed by atoms with Crippen LogP contribution in [0.15, 0.2) is 4.52 Å². The molecule has 1 amide bonds. The summed E-state index contributed by atoms with van der Waals surface area (Å²) >= 11 is 0. The summed E-state index contributed by atoms with van der Waals surface area (Å²) < 4.78 is 5.27. The summed E-state index contributed by atoms with van der Waals surface area (Å²) in [6, 6.07) is 0.131. The van der Waals surface area contributed by atoms with E-state index in [4.69, 9.17) is 4.52 Å². The van der Waals surface area contributed by atoms with Crippen LogP contribution < -0.4 is 10.6 Å². The highest BCUT2D eigenvalue weighted by molar-refractivity contribution is 5.79. The van der Waals surface area contributed by atoms with Gasteiger partial charge in [0.05, 0.1) is 0 Å². The minimum atomic E-state index is -0.258.